The third-order valence-corrected chi connectivity index (χ3v) is 5.97. The first-order valence-corrected chi connectivity index (χ1v) is 12.3. The molecule has 1 aliphatic rings. The van der Waals surface area contributed by atoms with Crippen LogP contribution >= 0.6 is 15.9 Å². The summed E-state index contributed by atoms with van der Waals surface area (Å²) in [5.74, 6) is 1.78. The normalized spacial score (nSPS) is 13.9. The topological polar surface area (TPSA) is 77.1 Å². The molecular weight excluding hydrogens is 488 g/mol. The molecule has 33 heavy (non-hydrogen) atoms. The van der Waals surface area contributed by atoms with Crippen LogP contribution in [0.4, 0.5) is 9.59 Å². The van der Waals surface area contributed by atoms with E-state index in [4.69, 9.17) is 14.2 Å². The van der Waals surface area contributed by atoms with Crippen molar-refractivity contribution in [2.75, 3.05) is 19.6 Å². The van der Waals surface area contributed by atoms with E-state index in [0.717, 1.165) is 25.0 Å². The Morgan fingerprint density at radius 3 is 2.48 bits per heavy atom. The highest BCUT2D eigenvalue weighted by molar-refractivity contribution is 9.10. The van der Waals surface area contributed by atoms with Gasteiger partial charge in [-0.05, 0) is 52.7 Å². The maximum atomic E-state index is 12.6. The van der Waals surface area contributed by atoms with Crippen LogP contribution in [0.25, 0.3) is 0 Å². The Morgan fingerprint density at radius 1 is 1.03 bits per heavy atom. The van der Waals surface area contributed by atoms with Crippen molar-refractivity contribution in [3.8, 4) is 17.2 Å². The van der Waals surface area contributed by atoms with E-state index >= 15 is 0 Å². The van der Waals surface area contributed by atoms with Gasteiger partial charge in [-0.15, -0.1) is 0 Å². The molecule has 1 fully saturated rings. The average molecular weight is 519 g/mol. The van der Waals surface area contributed by atoms with Gasteiger partial charge in [0.2, 0.25) is 0 Å². The highest BCUT2D eigenvalue weighted by Gasteiger charge is 2.26. The second-order valence-corrected chi connectivity index (χ2v) is 8.81. The van der Waals surface area contributed by atoms with E-state index in [-0.39, 0.29) is 12.2 Å². The fourth-order valence-corrected chi connectivity index (χ4v) is 3.94. The fourth-order valence-electron chi connectivity index (χ4n) is 3.50. The smallest absolute Gasteiger partial charge is 0.415 e. The zero-order chi connectivity index (χ0) is 23.5. The predicted molar refractivity (Wildman–Crippen MR) is 130 cm³/mol. The Balaban J connectivity index is 1.40. The number of benzene rings is 2. The van der Waals surface area contributed by atoms with Crippen LogP contribution in [0.5, 0.6) is 17.2 Å². The van der Waals surface area contributed by atoms with Crippen molar-refractivity contribution in [1.82, 2.24) is 10.2 Å². The second kappa shape index (κ2) is 13.1. The van der Waals surface area contributed by atoms with Crippen LogP contribution in [0.15, 0.2) is 53.0 Å². The maximum Gasteiger partial charge on any atom is 0.415 e. The van der Waals surface area contributed by atoms with Crippen molar-refractivity contribution < 1.29 is 23.8 Å². The Hall–Kier alpha value is -2.74. The van der Waals surface area contributed by atoms with E-state index in [2.05, 4.69) is 28.2 Å². The van der Waals surface area contributed by atoms with Crippen molar-refractivity contribution >= 4 is 28.1 Å². The van der Waals surface area contributed by atoms with Gasteiger partial charge in [0.1, 0.15) is 23.4 Å². The molecule has 2 aromatic carbocycles. The van der Waals surface area contributed by atoms with E-state index in [1.807, 2.05) is 30.3 Å². The van der Waals surface area contributed by atoms with Crippen molar-refractivity contribution in [2.45, 2.75) is 51.6 Å². The molecule has 0 radical (unpaired) electrons. The van der Waals surface area contributed by atoms with E-state index in [1.54, 1.807) is 23.1 Å². The largest absolute Gasteiger partial charge is 0.457 e. The Bertz CT molecular complexity index is 901. The maximum absolute atomic E-state index is 12.6. The number of rotatable bonds is 9. The van der Waals surface area contributed by atoms with Gasteiger partial charge < -0.3 is 24.4 Å². The van der Waals surface area contributed by atoms with Gasteiger partial charge in [-0.25, -0.2) is 9.59 Å². The average Bonchev–Trinajstić information content (AvgIpc) is 2.82. The molecule has 2 aromatic rings. The van der Waals surface area contributed by atoms with Gasteiger partial charge in [-0.1, -0.05) is 44.4 Å². The number of carbonyl (C=O) groups is 2. The third kappa shape index (κ3) is 8.28. The number of alkyl carbamates (subject to hydrolysis) is 1. The molecule has 0 spiro atoms. The summed E-state index contributed by atoms with van der Waals surface area (Å²) in [5.41, 5.74) is 0. The highest BCUT2D eigenvalue weighted by atomic mass is 79.9. The summed E-state index contributed by atoms with van der Waals surface area (Å²) < 4.78 is 17.4. The molecule has 0 saturated carbocycles. The molecule has 1 aliphatic heterocycles. The van der Waals surface area contributed by atoms with Crippen LogP contribution in [-0.2, 0) is 4.74 Å². The number of unbranched alkanes of at least 4 members (excludes halogenated alkanes) is 3. The SMILES string of the molecule is CCCCCCNC(=O)OC1CCN(C(=O)Oc2ccc(Oc3ccccc3)cc2Br)CC1. The zero-order valence-corrected chi connectivity index (χ0v) is 20.5. The summed E-state index contributed by atoms with van der Waals surface area (Å²) in [7, 11) is 0. The molecule has 7 nitrogen and oxygen atoms in total. The van der Waals surface area contributed by atoms with Gasteiger partial charge in [-0.2, -0.15) is 0 Å². The van der Waals surface area contributed by atoms with Gasteiger partial charge in [0.05, 0.1) is 4.47 Å². The van der Waals surface area contributed by atoms with Gasteiger partial charge >= 0.3 is 12.2 Å². The quantitative estimate of drug-likeness (QED) is 0.382. The lowest BCUT2D eigenvalue weighted by Gasteiger charge is -2.31. The monoisotopic (exact) mass is 518 g/mol. The molecule has 2 amide bonds. The first kappa shape index (κ1) is 24.9. The molecule has 1 saturated heterocycles. The van der Waals surface area contributed by atoms with E-state index in [9.17, 15) is 9.59 Å². The molecule has 0 bridgehead atoms. The van der Waals surface area contributed by atoms with Crippen LogP contribution in [0.1, 0.15) is 45.4 Å². The number of amides is 2. The lowest BCUT2D eigenvalue weighted by atomic mass is 10.1. The van der Waals surface area contributed by atoms with Crippen LogP contribution in [0, 0.1) is 0 Å². The summed E-state index contributed by atoms with van der Waals surface area (Å²) in [6.45, 7) is 3.73. The summed E-state index contributed by atoms with van der Waals surface area (Å²) in [5, 5.41) is 2.80. The number of likely N-dealkylation sites (tertiary alicyclic amines) is 1. The molecule has 1 heterocycles. The molecule has 3 rings (SSSR count). The summed E-state index contributed by atoms with van der Waals surface area (Å²) >= 11 is 3.44. The third-order valence-electron chi connectivity index (χ3n) is 5.35. The van der Waals surface area contributed by atoms with E-state index in [1.165, 1.54) is 6.42 Å². The lowest BCUT2D eigenvalue weighted by Crippen LogP contribution is -2.43. The second-order valence-electron chi connectivity index (χ2n) is 7.95. The van der Waals surface area contributed by atoms with Gasteiger partial charge in [0.25, 0.3) is 0 Å². The van der Waals surface area contributed by atoms with Crippen LogP contribution in [0.3, 0.4) is 0 Å². The number of piperidine rings is 1. The zero-order valence-electron chi connectivity index (χ0n) is 18.9. The number of nitrogens with one attached hydrogen (secondary N) is 1. The van der Waals surface area contributed by atoms with E-state index in [0.29, 0.717) is 48.4 Å². The minimum Gasteiger partial charge on any atom is -0.457 e. The predicted octanol–water partition coefficient (Wildman–Crippen LogP) is 6.51. The van der Waals surface area contributed by atoms with Crippen molar-refractivity contribution in [2.24, 2.45) is 0 Å². The number of nitrogens with zero attached hydrogens (tertiary/aromatic N) is 1. The molecule has 0 unspecified atom stereocenters. The Morgan fingerprint density at radius 2 is 1.79 bits per heavy atom. The molecule has 1 N–H and O–H groups in total. The van der Waals surface area contributed by atoms with Crippen molar-refractivity contribution in [3.63, 3.8) is 0 Å². The number of halogens is 1. The minimum atomic E-state index is -0.425. The number of para-hydroxylation sites is 1. The Labute approximate surface area is 203 Å². The van der Waals surface area contributed by atoms with Crippen molar-refractivity contribution in [3.05, 3.63) is 53.0 Å². The minimum absolute atomic E-state index is 0.189. The number of hydrogen-bond donors (Lipinski definition) is 1. The van der Waals surface area contributed by atoms with Crippen LogP contribution < -0.4 is 14.8 Å². The molecule has 178 valence electrons. The van der Waals surface area contributed by atoms with Crippen LogP contribution in [0.2, 0.25) is 0 Å². The first-order valence-electron chi connectivity index (χ1n) is 11.5. The number of hydrogen-bond acceptors (Lipinski definition) is 5. The van der Waals surface area contributed by atoms with Crippen LogP contribution in [-0.4, -0.2) is 42.8 Å². The van der Waals surface area contributed by atoms with Crippen molar-refractivity contribution in [1.29, 1.82) is 0 Å². The molecule has 0 atom stereocenters. The Kier molecular flexibility index (Phi) is 9.87. The molecule has 0 aliphatic carbocycles. The molecule has 0 aromatic heterocycles. The highest BCUT2D eigenvalue weighted by Crippen LogP contribution is 2.32. The molecular formula is C25H31BrN2O5. The first-order chi connectivity index (χ1) is 16.0. The summed E-state index contributed by atoms with van der Waals surface area (Å²) in [6.07, 6.45) is 4.58. The van der Waals surface area contributed by atoms with Gasteiger partial charge in [-0.3, -0.25) is 0 Å². The summed E-state index contributed by atoms with van der Waals surface area (Å²) in [6, 6.07) is 14.7. The van der Waals surface area contributed by atoms with Gasteiger partial charge in [0.15, 0.2) is 0 Å². The summed E-state index contributed by atoms with van der Waals surface area (Å²) in [4.78, 5) is 26.1. The van der Waals surface area contributed by atoms with E-state index < -0.39 is 6.09 Å². The lowest BCUT2D eigenvalue weighted by molar-refractivity contribution is 0.0524. The fraction of sp³-hybridized carbons (Fsp3) is 0.440. The number of ether oxygens (including phenoxy) is 3. The molecule has 8 heteroatoms. The standard InChI is InChI=1S/C25H31BrN2O5/c1-2-3-4-8-15-27-24(29)32-20-13-16-28(17-14-20)25(30)33-23-12-11-21(18-22(23)26)31-19-9-6-5-7-10-19/h5-7,9-12,18,20H,2-4,8,13-17H2,1H3,(H,27,29). The van der Waals surface area contributed by atoms with Gasteiger partial charge in [0, 0.05) is 32.5 Å². The number of carbonyl (C=O) groups excluding carboxylic acids is 2.